The quantitative estimate of drug-likeness (QED) is 0.216. The number of nitrogens with one attached hydrogen (secondary N) is 3. The number of carboxylic acids is 1. The van der Waals surface area contributed by atoms with Gasteiger partial charge < -0.3 is 32.5 Å². The third-order valence-corrected chi connectivity index (χ3v) is 3.27. The topological polar surface area (TPSA) is 194 Å². The summed E-state index contributed by atoms with van der Waals surface area (Å²) in [6, 6.07) is -2.09. The Morgan fingerprint density at radius 2 is 1.62 bits per heavy atom. The monoisotopic (exact) mass is 373 g/mol. The molecule has 0 aromatic carbocycles. The number of carbonyl (C=O) groups is 5. The van der Waals surface area contributed by atoms with Gasteiger partial charge >= 0.3 is 5.97 Å². The number of primary amides is 1. The molecular formula is C15H27N5O6. The minimum absolute atomic E-state index is 0.0636. The molecule has 0 fully saturated rings. The van der Waals surface area contributed by atoms with E-state index in [0.717, 1.165) is 0 Å². The first-order valence-electron chi connectivity index (χ1n) is 8.14. The van der Waals surface area contributed by atoms with E-state index >= 15 is 0 Å². The van der Waals surface area contributed by atoms with Crippen LogP contribution in [0.4, 0.5) is 0 Å². The van der Waals surface area contributed by atoms with Crippen LogP contribution in [-0.4, -0.2) is 59.9 Å². The van der Waals surface area contributed by atoms with E-state index in [1.54, 1.807) is 0 Å². The van der Waals surface area contributed by atoms with Crippen molar-refractivity contribution in [3.8, 4) is 0 Å². The SMILES string of the molecule is CC(C)CC(NC(=O)CN)C(=O)NC(CCC(N)=O)C(=O)NCC(=O)O. The number of carboxylic acid groups (broad SMARTS) is 1. The zero-order chi connectivity index (χ0) is 20.3. The van der Waals surface area contributed by atoms with Crippen LogP contribution < -0.4 is 27.4 Å². The molecule has 26 heavy (non-hydrogen) atoms. The van der Waals surface area contributed by atoms with Crippen molar-refractivity contribution in [2.24, 2.45) is 17.4 Å². The molecule has 0 aromatic heterocycles. The number of amides is 4. The number of carbonyl (C=O) groups excluding carboxylic acids is 4. The molecule has 0 aliphatic carbocycles. The van der Waals surface area contributed by atoms with Gasteiger partial charge in [-0.15, -0.1) is 0 Å². The molecule has 0 bridgehead atoms. The molecule has 0 rings (SSSR count). The van der Waals surface area contributed by atoms with Crippen LogP contribution >= 0.6 is 0 Å². The van der Waals surface area contributed by atoms with Crippen LogP contribution in [0.5, 0.6) is 0 Å². The standard InChI is InChI=1S/C15H27N5O6/c1-8(2)5-10(19-12(22)6-16)15(26)20-9(3-4-11(17)21)14(25)18-7-13(23)24/h8-10H,3-7,16H2,1-2H3,(H2,17,21)(H,18,25)(H,19,22)(H,20,26)(H,23,24). The number of hydrogen-bond acceptors (Lipinski definition) is 6. The van der Waals surface area contributed by atoms with Crippen LogP contribution in [0.3, 0.4) is 0 Å². The largest absolute Gasteiger partial charge is 0.480 e. The van der Waals surface area contributed by atoms with Gasteiger partial charge in [-0.3, -0.25) is 24.0 Å². The summed E-state index contributed by atoms with van der Waals surface area (Å²) >= 11 is 0. The lowest BCUT2D eigenvalue weighted by Crippen LogP contribution is -2.55. The zero-order valence-corrected chi connectivity index (χ0v) is 14.9. The predicted octanol–water partition coefficient (Wildman–Crippen LogP) is -2.57. The van der Waals surface area contributed by atoms with Gasteiger partial charge in [-0.25, -0.2) is 0 Å². The van der Waals surface area contributed by atoms with Gasteiger partial charge in [0.2, 0.25) is 23.6 Å². The van der Waals surface area contributed by atoms with E-state index in [2.05, 4.69) is 16.0 Å². The van der Waals surface area contributed by atoms with Crippen molar-refractivity contribution in [3.05, 3.63) is 0 Å². The molecule has 148 valence electrons. The van der Waals surface area contributed by atoms with Gasteiger partial charge in [0.1, 0.15) is 18.6 Å². The van der Waals surface area contributed by atoms with Crippen molar-refractivity contribution in [2.45, 2.75) is 45.2 Å². The maximum Gasteiger partial charge on any atom is 0.322 e. The Labute approximate surface area is 151 Å². The Bertz CT molecular complexity index is 537. The van der Waals surface area contributed by atoms with Gasteiger partial charge in [0.25, 0.3) is 0 Å². The first-order chi connectivity index (χ1) is 12.1. The van der Waals surface area contributed by atoms with Crippen molar-refractivity contribution >= 4 is 29.6 Å². The fourth-order valence-corrected chi connectivity index (χ4v) is 2.07. The highest BCUT2D eigenvalue weighted by Crippen LogP contribution is 2.06. The highest BCUT2D eigenvalue weighted by molar-refractivity contribution is 5.93. The third-order valence-electron chi connectivity index (χ3n) is 3.27. The molecule has 0 aliphatic heterocycles. The first kappa shape index (κ1) is 23.3. The van der Waals surface area contributed by atoms with E-state index in [9.17, 15) is 24.0 Å². The molecule has 8 N–H and O–H groups in total. The molecule has 2 atom stereocenters. The van der Waals surface area contributed by atoms with Gasteiger partial charge in [-0.2, -0.15) is 0 Å². The molecule has 11 heteroatoms. The summed E-state index contributed by atoms with van der Waals surface area (Å²) in [5.41, 5.74) is 10.3. The normalized spacial score (nSPS) is 12.8. The lowest BCUT2D eigenvalue weighted by Gasteiger charge is -2.23. The maximum absolute atomic E-state index is 12.4. The molecule has 0 aromatic rings. The van der Waals surface area contributed by atoms with E-state index in [0.29, 0.717) is 6.42 Å². The Balaban J connectivity index is 5.11. The van der Waals surface area contributed by atoms with Crippen LogP contribution in [0.25, 0.3) is 0 Å². The molecule has 0 aliphatic rings. The van der Waals surface area contributed by atoms with Crippen molar-refractivity contribution in [1.82, 2.24) is 16.0 Å². The minimum atomic E-state index is -1.26. The highest BCUT2D eigenvalue weighted by Gasteiger charge is 2.27. The summed E-state index contributed by atoms with van der Waals surface area (Å²) in [7, 11) is 0. The smallest absolute Gasteiger partial charge is 0.322 e. The molecule has 4 amide bonds. The third kappa shape index (κ3) is 10.2. The van der Waals surface area contributed by atoms with Crippen molar-refractivity contribution in [2.75, 3.05) is 13.1 Å². The average molecular weight is 373 g/mol. The molecule has 2 unspecified atom stereocenters. The van der Waals surface area contributed by atoms with Crippen LogP contribution in [0.15, 0.2) is 0 Å². The molecule has 0 saturated heterocycles. The Kier molecular flexibility index (Phi) is 10.6. The van der Waals surface area contributed by atoms with Crippen molar-refractivity contribution in [3.63, 3.8) is 0 Å². The summed E-state index contributed by atoms with van der Waals surface area (Å²) in [6.07, 6.45) is 0.0120. The summed E-state index contributed by atoms with van der Waals surface area (Å²) in [4.78, 5) is 57.5. The van der Waals surface area contributed by atoms with E-state index < -0.39 is 48.2 Å². The molecule has 0 spiro atoms. The molecule has 0 saturated carbocycles. The molecular weight excluding hydrogens is 346 g/mol. The summed E-state index contributed by atoms with van der Waals surface area (Å²) in [6.45, 7) is 2.76. The van der Waals surface area contributed by atoms with Gasteiger partial charge in [0, 0.05) is 6.42 Å². The van der Waals surface area contributed by atoms with Crippen LogP contribution in [0.1, 0.15) is 33.1 Å². The molecule has 0 heterocycles. The first-order valence-corrected chi connectivity index (χ1v) is 8.14. The van der Waals surface area contributed by atoms with Gasteiger partial charge in [-0.1, -0.05) is 13.8 Å². The number of nitrogens with two attached hydrogens (primary N) is 2. The second-order valence-electron chi connectivity index (χ2n) is 6.13. The van der Waals surface area contributed by atoms with E-state index in [-0.39, 0.29) is 25.3 Å². The van der Waals surface area contributed by atoms with Crippen molar-refractivity contribution in [1.29, 1.82) is 0 Å². The van der Waals surface area contributed by atoms with Gasteiger partial charge in [0.05, 0.1) is 6.54 Å². The fraction of sp³-hybridized carbons (Fsp3) is 0.667. The maximum atomic E-state index is 12.4. The van der Waals surface area contributed by atoms with Crippen molar-refractivity contribution < 1.29 is 29.1 Å². The predicted molar refractivity (Wildman–Crippen MR) is 91.4 cm³/mol. The fourth-order valence-electron chi connectivity index (χ4n) is 2.07. The second kappa shape index (κ2) is 11.8. The minimum Gasteiger partial charge on any atom is -0.480 e. The lowest BCUT2D eigenvalue weighted by molar-refractivity contribution is -0.138. The zero-order valence-electron chi connectivity index (χ0n) is 14.9. The van der Waals surface area contributed by atoms with E-state index in [4.69, 9.17) is 16.6 Å². The average Bonchev–Trinajstić information content (AvgIpc) is 2.54. The van der Waals surface area contributed by atoms with E-state index in [1.165, 1.54) is 0 Å². The van der Waals surface area contributed by atoms with Gasteiger partial charge in [0.15, 0.2) is 0 Å². The summed E-state index contributed by atoms with van der Waals surface area (Å²) in [5, 5.41) is 15.6. The van der Waals surface area contributed by atoms with Gasteiger partial charge in [-0.05, 0) is 18.8 Å². The molecule has 0 radical (unpaired) electrons. The highest BCUT2D eigenvalue weighted by atomic mass is 16.4. The van der Waals surface area contributed by atoms with Crippen LogP contribution in [0, 0.1) is 5.92 Å². The Morgan fingerprint density at radius 1 is 1.00 bits per heavy atom. The number of rotatable bonds is 12. The lowest BCUT2D eigenvalue weighted by atomic mass is 10.0. The Morgan fingerprint density at radius 3 is 2.08 bits per heavy atom. The van der Waals surface area contributed by atoms with Crippen LogP contribution in [-0.2, 0) is 24.0 Å². The van der Waals surface area contributed by atoms with Crippen LogP contribution in [0.2, 0.25) is 0 Å². The number of aliphatic carboxylic acids is 1. The summed E-state index contributed by atoms with van der Waals surface area (Å²) < 4.78 is 0. The summed E-state index contributed by atoms with van der Waals surface area (Å²) in [5.74, 6) is -3.81. The number of hydrogen-bond donors (Lipinski definition) is 6. The van der Waals surface area contributed by atoms with E-state index in [1.807, 2.05) is 13.8 Å². The molecule has 11 nitrogen and oxygen atoms in total. The Hall–Kier alpha value is -2.69. The second-order valence-corrected chi connectivity index (χ2v) is 6.13.